The van der Waals surface area contributed by atoms with E-state index in [1.807, 2.05) is 4.98 Å². The predicted molar refractivity (Wildman–Crippen MR) is 46.4 cm³/mol. The molecule has 102 valence electrons. The summed E-state index contributed by atoms with van der Waals surface area (Å²) in [6, 6.07) is 0. The number of carbonyl (C=O) groups excluding carboxylic acids is 1. The Bertz CT molecular complexity index is 421. The number of aromatic nitrogens is 2. The topological polar surface area (TPSA) is 57.8 Å². The molecule has 4 nitrogen and oxygen atoms in total. The molecule has 0 aliphatic rings. The summed E-state index contributed by atoms with van der Waals surface area (Å²) < 4.78 is 71.5. The van der Waals surface area contributed by atoms with Crippen molar-refractivity contribution in [2.24, 2.45) is 0 Å². The second kappa shape index (κ2) is 4.86. The molecule has 0 fully saturated rings. The maximum absolute atomic E-state index is 12.1. The van der Waals surface area contributed by atoms with Gasteiger partial charge in [-0.25, -0.2) is 4.98 Å². The summed E-state index contributed by atoms with van der Waals surface area (Å²) in [5.74, 6) is -3.38. The molecule has 0 bridgehead atoms. The zero-order valence-electron chi connectivity index (χ0n) is 8.61. The van der Waals surface area contributed by atoms with Gasteiger partial charge in [-0.05, 0) is 0 Å². The second-order valence-electron chi connectivity index (χ2n) is 3.26. The van der Waals surface area contributed by atoms with Crippen molar-refractivity contribution >= 4 is 5.91 Å². The van der Waals surface area contributed by atoms with Crippen LogP contribution in [0.25, 0.3) is 0 Å². The molecular weight excluding hydrogens is 268 g/mol. The molecule has 2 N–H and O–H groups in total. The summed E-state index contributed by atoms with van der Waals surface area (Å²) >= 11 is 0. The van der Waals surface area contributed by atoms with E-state index in [9.17, 15) is 31.1 Å². The average molecular weight is 275 g/mol. The molecule has 1 heterocycles. The monoisotopic (exact) mass is 275 g/mol. The molecule has 18 heavy (non-hydrogen) atoms. The quantitative estimate of drug-likeness (QED) is 0.824. The zero-order chi connectivity index (χ0) is 14.0. The third-order valence-electron chi connectivity index (χ3n) is 1.83. The van der Waals surface area contributed by atoms with Crippen LogP contribution in [0.3, 0.4) is 0 Å². The van der Waals surface area contributed by atoms with E-state index in [-0.39, 0.29) is 12.1 Å². The molecule has 0 atom stereocenters. The fourth-order valence-electron chi connectivity index (χ4n) is 1.04. The van der Waals surface area contributed by atoms with Crippen molar-refractivity contribution in [1.82, 2.24) is 15.3 Å². The van der Waals surface area contributed by atoms with Gasteiger partial charge in [0.15, 0.2) is 0 Å². The number of halogens is 6. The average Bonchev–Trinajstić information content (AvgIpc) is 2.64. The third kappa shape index (κ3) is 3.93. The van der Waals surface area contributed by atoms with Gasteiger partial charge in [-0.3, -0.25) is 4.79 Å². The van der Waals surface area contributed by atoms with Gasteiger partial charge in [0.25, 0.3) is 0 Å². The Hall–Kier alpha value is -1.74. The molecular formula is C8H7F6N3O. The molecule has 1 aromatic heterocycles. The van der Waals surface area contributed by atoms with Crippen LogP contribution in [0, 0.1) is 0 Å². The summed E-state index contributed by atoms with van der Waals surface area (Å²) in [6.45, 7) is -0.447. The SMILES string of the molecule is O=C(NCCc1cnc(C(F)(F)F)[nH]1)C(F)(F)F. The first-order valence-corrected chi connectivity index (χ1v) is 4.57. The first-order valence-electron chi connectivity index (χ1n) is 4.57. The number of carbonyl (C=O) groups is 1. The highest BCUT2D eigenvalue weighted by Crippen LogP contribution is 2.26. The lowest BCUT2D eigenvalue weighted by atomic mass is 10.3. The van der Waals surface area contributed by atoms with Gasteiger partial charge in [0, 0.05) is 24.9 Å². The van der Waals surface area contributed by atoms with Gasteiger partial charge in [-0.1, -0.05) is 0 Å². The van der Waals surface area contributed by atoms with Crippen LogP contribution in [-0.2, 0) is 17.4 Å². The maximum Gasteiger partial charge on any atom is 0.471 e. The van der Waals surface area contributed by atoms with Crippen molar-refractivity contribution in [2.75, 3.05) is 6.54 Å². The number of alkyl halides is 6. The largest absolute Gasteiger partial charge is 0.471 e. The smallest absolute Gasteiger partial charge is 0.348 e. The van der Waals surface area contributed by atoms with Crippen LogP contribution in [0.1, 0.15) is 11.5 Å². The lowest BCUT2D eigenvalue weighted by Crippen LogP contribution is -2.37. The number of nitrogens with zero attached hydrogens (tertiary/aromatic N) is 1. The fraction of sp³-hybridized carbons (Fsp3) is 0.500. The van der Waals surface area contributed by atoms with Gasteiger partial charge in [-0.2, -0.15) is 26.3 Å². The van der Waals surface area contributed by atoms with Gasteiger partial charge in [0.05, 0.1) is 0 Å². The minimum absolute atomic E-state index is 0.0233. The van der Waals surface area contributed by atoms with E-state index < -0.39 is 30.6 Å². The number of hydrogen-bond donors (Lipinski definition) is 2. The molecule has 0 saturated heterocycles. The van der Waals surface area contributed by atoms with Crippen LogP contribution in [0.4, 0.5) is 26.3 Å². The number of imidazole rings is 1. The summed E-state index contributed by atoms with van der Waals surface area (Å²) in [5, 5.41) is 1.53. The Balaban J connectivity index is 2.46. The standard InChI is InChI=1S/C8H7F6N3O/c9-7(10,11)5-16-3-4(17-5)1-2-15-6(18)8(12,13)14/h3H,1-2H2,(H,15,18)(H,16,17). The summed E-state index contributed by atoms with van der Waals surface area (Å²) in [6.07, 6.45) is -9.02. The van der Waals surface area contributed by atoms with Crippen LogP contribution >= 0.6 is 0 Å². The van der Waals surface area contributed by atoms with E-state index >= 15 is 0 Å². The third-order valence-corrected chi connectivity index (χ3v) is 1.83. The Labute approximate surface area is 96.4 Å². The van der Waals surface area contributed by atoms with E-state index in [0.29, 0.717) is 0 Å². The predicted octanol–water partition coefficient (Wildman–Crippen LogP) is 1.65. The molecule has 0 aliphatic heterocycles. The number of H-pyrrole nitrogens is 1. The molecule has 10 heteroatoms. The number of rotatable bonds is 3. The van der Waals surface area contributed by atoms with Gasteiger partial charge < -0.3 is 10.3 Å². The Kier molecular flexibility index (Phi) is 3.87. The lowest BCUT2D eigenvalue weighted by molar-refractivity contribution is -0.173. The van der Waals surface area contributed by atoms with Crippen LogP contribution in [0.15, 0.2) is 6.20 Å². The van der Waals surface area contributed by atoms with Crippen molar-refractivity contribution in [3.05, 3.63) is 17.7 Å². The maximum atomic E-state index is 12.1. The van der Waals surface area contributed by atoms with E-state index in [0.717, 1.165) is 6.20 Å². The summed E-state index contributed by atoms with van der Waals surface area (Å²) in [7, 11) is 0. The Morgan fingerprint density at radius 1 is 1.28 bits per heavy atom. The Morgan fingerprint density at radius 3 is 2.33 bits per heavy atom. The van der Waals surface area contributed by atoms with Crippen LogP contribution < -0.4 is 5.32 Å². The van der Waals surface area contributed by atoms with E-state index in [4.69, 9.17) is 0 Å². The highest BCUT2D eigenvalue weighted by atomic mass is 19.4. The molecule has 0 saturated carbocycles. The second-order valence-corrected chi connectivity index (χ2v) is 3.26. The molecule has 0 aliphatic carbocycles. The van der Waals surface area contributed by atoms with Crippen molar-refractivity contribution in [2.45, 2.75) is 18.8 Å². The van der Waals surface area contributed by atoms with Gasteiger partial charge in [0.2, 0.25) is 5.82 Å². The van der Waals surface area contributed by atoms with Crippen LogP contribution in [-0.4, -0.2) is 28.6 Å². The van der Waals surface area contributed by atoms with Gasteiger partial charge >= 0.3 is 18.3 Å². The molecule has 0 unspecified atom stereocenters. The minimum atomic E-state index is -5.01. The number of amides is 1. The van der Waals surface area contributed by atoms with Crippen molar-refractivity contribution in [3.63, 3.8) is 0 Å². The lowest BCUT2D eigenvalue weighted by Gasteiger charge is -2.06. The zero-order valence-corrected chi connectivity index (χ0v) is 8.61. The van der Waals surface area contributed by atoms with Crippen molar-refractivity contribution in [1.29, 1.82) is 0 Å². The fourth-order valence-corrected chi connectivity index (χ4v) is 1.04. The van der Waals surface area contributed by atoms with Crippen LogP contribution in [0.2, 0.25) is 0 Å². The highest BCUT2D eigenvalue weighted by molar-refractivity contribution is 5.81. The summed E-state index contributed by atoms with van der Waals surface area (Å²) in [4.78, 5) is 15.3. The molecule has 1 rings (SSSR count). The van der Waals surface area contributed by atoms with E-state index in [1.54, 1.807) is 0 Å². The van der Waals surface area contributed by atoms with Crippen LogP contribution in [0.5, 0.6) is 0 Å². The molecule has 0 radical (unpaired) electrons. The first kappa shape index (κ1) is 14.3. The van der Waals surface area contributed by atoms with Crippen molar-refractivity contribution < 1.29 is 31.1 Å². The number of nitrogens with one attached hydrogen (secondary N) is 2. The number of aromatic amines is 1. The van der Waals surface area contributed by atoms with Gasteiger partial charge in [0.1, 0.15) is 0 Å². The molecule has 0 aromatic carbocycles. The normalized spacial score (nSPS) is 12.6. The molecule has 1 aromatic rings. The summed E-state index contributed by atoms with van der Waals surface area (Å²) in [5.41, 5.74) is -0.0233. The minimum Gasteiger partial charge on any atom is -0.348 e. The number of hydrogen-bond acceptors (Lipinski definition) is 2. The molecule has 0 spiro atoms. The van der Waals surface area contributed by atoms with E-state index in [1.165, 1.54) is 5.32 Å². The Morgan fingerprint density at radius 2 is 1.89 bits per heavy atom. The molecule has 1 amide bonds. The highest BCUT2D eigenvalue weighted by Gasteiger charge is 2.38. The van der Waals surface area contributed by atoms with E-state index in [2.05, 4.69) is 4.98 Å². The first-order chi connectivity index (χ1) is 8.10. The van der Waals surface area contributed by atoms with Gasteiger partial charge in [-0.15, -0.1) is 0 Å². The van der Waals surface area contributed by atoms with Crippen molar-refractivity contribution in [3.8, 4) is 0 Å².